The second-order valence-corrected chi connectivity index (χ2v) is 6.37. The van der Waals surface area contributed by atoms with Gasteiger partial charge in [0, 0.05) is 31.0 Å². The lowest BCUT2D eigenvalue weighted by molar-refractivity contribution is -0.141. The van der Waals surface area contributed by atoms with Gasteiger partial charge in [0.2, 0.25) is 0 Å². The number of nitrogens with two attached hydrogens (primary N) is 1. The van der Waals surface area contributed by atoms with Crippen LogP contribution in [0.3, 0.4) is 0 Å². The van der Waals surface area contributed by atoms with Crippen LogP contribution in [0.1, 0.15) is 18.5 Å². The number of nitrogens with one attached hydrogen (secondary N) is 1. The number of nitrogens with zero attached hydrogens (tertiary/aromatic N) is 2. The molecule has 1 saturated carbocycles. The van der Waals surface area contributed by atoms with Crippen molar-refractivity contribution in [1.82, 2.24) is 10.3 Å². The fourth-order valence-corrected chi connectivity index (χ4v) is 3.74. The van der Waals surface area contributed by atoms with Gasteiger partial charge < -0.3 is 16.0 Å². The molecule has 1 saturated heterocycles. The quantitative estimate of drug-likeness (QED) is 0.814. The maximum atomic E-state index is 12.8. The Morgan fingerprint density at radius 2 is 1.95 bits per heavy atom. The number of piperidine rings is 1. The van der Waals surface area contributed by atoms with Crippen LogP contribution in [0.4, 0.5) is 18.9 Å². The van der Waals surface area contributed by atoms with Crippen molar-refractivity contribution in [1.29, 1.82) is 0 Å². The van der Waals surface area contributed by atoms with E-state index in [-0.39, 0.29) is 6.04 Å². The zero-order chi connectivity index (χ0) is 15.9. The highest BCUT2D eigenvalue weighted by atomic mass is 32.1. The summed E-state index contributed by atoms with van der Waals surface area (Å²) in [6.07, 6.45) is -1.11. The molecule has 2 heterocycles. The Morgan fingerprint density at radius 3 is 2.50 bits per heavy atom. The summed E-state index contributed by atoms with van der Waals surface area (Å²) in [6, 6.07) is 2.99. The molecule has 22 heavy (non-hydrogen) atoms. The summed E-state index contributed by atoms with van der Waals surface area (Å²) in [5, 5.41) is 3.43. The van der Waals surface area contributed by atoms with E-state index < -0.39 is 11.9 Å². The Morgan fingerprint density at radius 1 is 1.32 bits per heavy atom. The Labute approximate surface area is 131 Å². The van der Waals surface area contributed by atoms with Gasteiger partial charge in [0.25, 0.3) is 0 Å². The van der Waals surface area contributed by atoms with Gasteiger partial charge in [-0.05, 0) is 49.0 Å². The Hall–Kier alpha value is -1.57. The summed E-state index contributed by atoms with van der Waals surface area (Å²) in [4.78, 5) is 5.43. The van der Waals surface area contributed by atoms with E-state index in [0.717, 1.165) is 18.9 Å². The number of anilines is 1. The van der Waals surface area contributed by atoms with Crippen molar-refractivity contribution in [3.8, 4) is 0 Å². The lowest BCUT2D eigenvalue weighted by Gasteiger charge is -2.39. The van der Waals surface area contributed by atoms with E-state index >= 15 is 0 Å². The summed E-state index contributed by atoms with van der Waals surface area (Å²) in [7, 11) is 0. The van der Waals surface area contributed by atoms with Crippen molar-refractivity contribution < 1.29 is 13.2 Å². The second-order valence-electron chi connectivity index (χ2n) is 5.93. The van der Waals surface area contributed by atoms with Crippen LogP contribution in [0.2, 0.25) is 0 Å². The first-order chi connectivity index (χ1) is 10.3. The van der Waals surface area contributed by atoms with Gasteiger partial charge in [-0.25, -0.2) is 0 Å². The van der Waals surface area contributed by atoms with E-state index in [1.54, 1.807) is 6.07 Å². The molecule has 3 rings (SSSR count). The van der Waals surface area contributed by atoms with Crippen molar-refractivity contribution in [2.75, 3.05) is 18.0 Å². The van der Waals surface area contributed by atoms with Gasteiger partial charge in [-0.15, -0.1) is 0 Å². The van der Waals surface area contributed by atoms with Gasteiger partial charge in [0.05, 0.1) is 0 Å². The number of hydrogen-bond acceptors (Lipinski definition) is 3. The fourth-order valence-electron chi connectivity index (χ4n) is 3.60. The van der Waals surface area contributed by atoms with E-state index in [2.05, 4.69) is 10.3 Å². The smallest absolute Gasteiger partial charge is 0.376 e. The fraction of sp³-hybridized carbons (Fsp3) is 0.571. The SMILES string of the molecule is NC(=S)N[C@H]1[C@@H]2CC[C@H]1CN(c1ccnc(C(F)(F)F)c1)C2. The topological polar surface area (TPSA) is 54.2 Å². The molecule has 2 aliphatic rings. The number of halogens is 3. The number of aromatic nitrogens is 1. The third-order valence-corrected chi connectivity index (χ3v) is 4.66. The Balaban J connectivity index is 1.77. The standard InChI is InChI=1S/C14H17F3N4S/c15-14(16,17)11-5-10(3-4-19-11)21-6-8-1-2-9(7-21)12(8)20-13(18)22/h3-5,8-9,12H,1-2,6-7H2,(H3,18,20,22)/t8-,9+,12+. The Kier molecular flexibility index (Phi) is 3.88. The molecular weight excluding hydrogens is 313 g/mol. The minimum absolute atomic E-state index is 0.234. The molecule has 0 radical (unpaired) electrons. The van der Waals surface area contributed by atoms with E-state index in [1.807, 2.05) is 4.90 Å². The summed E-state index contributed by atoms with van der Waals surface area (Å²) in [5.74, 6) is 0.700. The van der Waals surface area contributed by atoms with E-state index in [0.29, 0.717) is 35.7 Å². The maximum absolute atomic E-state index is 12.8. The number of fused-ring (bicyclic) bond motifs is 2. The lowest BCUT2D eigenvalue weighted by Crippen LogP contribution is -2.53. The average Bonchev–Trinajstić information content (AvgIpc) is 2.69. The molecule has 0 aromatic carbocycles. The summed E-state index contributed by atoms with van der Waals surface area (Å²) in [6.45, 7) is 1.41. The highest BCUT2D eigenvalue weighted by Crippen LogP contribution is 2.39. The normalized spacial score (nSPS) is 27.8. The van der Waals surface area contributed by atoms with E-state index in [1.165, 1.54) is 6.20 Å². The number of thiocarbonyl (C=S) groups is 1. The number of pyridine rings is 1. The largest absolute Gasteiger partial charge is 0.433 e. The van der Waals surface area contributed by atoms with Gasteiger partial charge in [0.15, 0.2) is 5.11 Å². The van der Waals surface area contributed by atoms with Crippen LogP contribution < -0.4 is 16.0 Å². The van der Waals surface area contributed by atoms with Crippen molar-refractivity contribution in [2.45, 2.75) is 25.1 Å². The third-order valence-electron chi connectivity index (χ3n) is 4.54. The molecule has 3 N–H and O–H groups in total. The number of rotatable bonds is 2. The molecule has 8 heteroatoms. The summed E-state index contributed by atoms with van der Waals surface area (Å²) < 4.78 is 38.4. The predicted octanol–water partition coefficient (Wildman–Crippen LogP) is 2.15. The minimum Gasteiger partial charge on any atom is -0.376 e. The number of hydrogen-bond donors (Lipinski definition) is 2. The lowest BCUT2D eigenvalue weighted by atomic mass is 9.92. The molecule has 1 aliphatic carbocycles. The highest BCUT2D eigenvalue weighted by Gasteiger charge is 2.42. The van der Waals surface area contributed by atoms with Crippen LogP contribution in [0.5, 0.6) is 0 Å². The predicted molar refractivity (Wildman–Crippen MR) is 81.4 cm³/mol. The zero-order valence-electron chi connectivity index (χ0n) is 11.8. The molecule has 1 aromatic heterocycles. The highest BCUT2D eigenvalue weighted by molar-refractivity contribution is 7.80. The van der Waals surface area contributed by atoms with Crippen molar-refractivity contribution in [3.05, 3.63) is 24.0 Å². The number of alkyl halides is 3. The van der Waals surface area contributed by atoms with Gasteiger partial charge >= 0.3 is 6.18 Å². The van der Waals surface area contributed by atoms with Crippen molar-refractivity contribution in [2.24, 2.45) is 17.6 Å². The van der Waals surface area contributed by atoms with Crippen LogP contribution >= 0.6 is 12.2 Å². The van der Waals surface area contributed by atoms with Gasteiger partial charge in [0.1, 0.15) is 5.69 Å². The zero-order valence-corrected chi connectivity index (χ0v) is 12.6. The van der Waals surface area contributed by atoms with Crippen LogP contribution in [0.15, 0.2) is 18.3 Å². The van der Waals surface area contributed by atoms with Gasteiger partial charge in [-0.3, -0.25) is 4.98 Å². The van der Waals surface area contributed by atoms with Crippen molar-refractivity contribution >= 4 is 23.0 Å². The maximum Gasteiger partial charge on any atom is 0.433 e. The van der Waals surface area contributed by atoms with Crippen LogP contribution in [-0.4, -0.2) is 29.2 Å². The van der Waals surface area contributed by atoms with E-state index in [4.69, 9.17) is 18.0 Å². The Bertz CT molecular complexity index is 563. The average molecular weight is 330 g/mol. The summed E-state index contributed by atoms with van der Waals surface area (Å²) >= 11 is 4.91. The van der Waals surface area contributed by atoms with Crippen LogP contribution in [-0.2, 0) is 6.18 Å². The van der Waals surface area contributed by atoms with Gasteiger partial charge in [-0.2, -0.15) is 13.2 Å². The molecule has 2 fully saturated rings. The third kappa shape index (κ3) is 2.97. The van der Waals surface area contributed by atoms with E-state index in [9.17, 15) is 13.2 Å². The first kappa shape index (κ1) is 15.3. The molecule has 0 spiro atoms. The second kappa shape index (κ2) is 5.57. The molecule has 2 bridgehead atoms. The monoisotopic (exact) mass is 330 g/mol. The molecule has 4 nitrogen and oxygen atoms in total. The first-order valence-electron chi connectivity index (χ1n) is 7.19. The molecule has 0 amide bonds. The molecular formula is C14H17F3N4S. The molecule has 1 aromatic rings. The summed E-state index contributed by atoms with van der Waals surface area (Å²) in [5.41, 5.74) is 5.29. The van der Waals surface area contributed by atoms with Crippen molar-refractivity contribution in [3.63, 3.8) is 0 Å². The molecule has 1 aliphatic heterocycles. The van der Waals surface area contributed by atoms with Gasteiger partial charge in [-0.1, -0.05) is 0 Å². The molecule has 3 atom stereocenters. The van der Waals surface area contributed by atoms with Crippen LogP contribution in [0.25, 0.3) is 0 Å². The van der Waals surface area contributed by atoms with Crippen LogP contribution in [0, 0.1) is 11.8 Å². The molecule has 120 valence electrons. The molecule has 0 unspecified atom stereocenters. The first-order valence-corrected chi connectivity index (χ1v) is 7.59. The minimum atomic E-state index is -4.42.